The van der Waals surface area contributed by atoms with Gasteiger partial charge in [-0.1, -0.05) is 18.2 Å². The molecule has 4 heteroatoms. The predicted octanol–water partition coefficient (Wildman–Crippen LogP) is 2.50. The molecule has 3 rings (SSSR count). The molecule has 1 aliphatic rings. The van der Waals surface area contributed by atoms with Crippen molar-refractivity contribution in [2.45, 2.75) is 10.6 Å². The van der Waals surface area contributed by atoms with Crippen LogP contribution in [-0.2, 0) is 15.6 Å². The van der Waals surface area contributed by atoms with Crippen molar-refractivity contribution in [1.29, 1.82) is 0 Å². The quantitative estimate of drug-likeness (QED) is 0.703. The van der Waals surface area contributed by atoms with E-state index in [4.69, 9.17) is 0 Å². The number of rotatable bonds is 0. The van der Waals surface area contributed by atoms with E-state index in [2.05, 4.69) is 5.38 Å². The Labute approximate surface area is 92.1 Å². The first kappa shape index (κ1) is 9.12. The van der Waals surface area contributed by atoms with Gasteiger partial charge in [-0.05, 0) is 17.7 Å². The fraction of sp³-hybridized carbons (Fsp3) is 0.0909. The van der Waals surface area contributed by atoms with Crippen molar-refractivity contribution in [3.63, 3.8) is 0 Å². The van der Waals surface area contributed by atoms with Crippen LogP contribution in [0.1, 0.15) is 5.56 Å². The van der Waals surface area contributed by atoms with Crippen LogP contribution >= 0.6 is 11.3 Å². The van der Waals surface area contributed by atoms with Crippen LogP contribution in [0.2, 0.25) is 0 Å². The fourth-order valence-electron chi connectivity index (χ4n) is 1.83. The molecule has 1 radical (unpaired) electrons. The second-order valence-corrected chi connectivity index (χ2v) is 6.28. The van der Waals surface area contributed by atoms with Gasteiger partial charge in [0.1, 0.15) is 0 Å². The molecule has 0 atom stereocenters. The molecule has 2 aromatic rings. The Morgan fingerprint density at radius 1 is 1.27 bits per heavy atom. The zero-order valence-electron chi connectivity index (χ0n) is 7.73. The maximum Gasteiger partial charge on any atom is 0.183 e. The van der Waals surface area contributed by atoms with Crippen LogP contribution in [0.25, 0.3) is 10.4 Å². The molecule has 0 N–H and O–H groups in total. The molecule has 2 nitrogen and oxygen atoms in total. The zero-order valence-corrected chi connectivity index (χ0v) is 9.36. The molecular weight excluding hydrogens is 228 g/mol. The van der Waals surface area contributed by atoms with Crippen LogP contribution in [0.3, 0.4) is 0 Å². The van der Waals surface area contributed by atoms with E-state index in [0.717, 1.165) is 16.0 Å². The van der Waals surface area contributed by atoms with Gasteiger partial charge in [-0.2, -0.15) is 0 Å². The highest BCUT2D eigenvalue weighted by atomic mass is 32.2. The molecule has 0 spiro atoms. The number of sulfone groups is 1. The summed E-state index contributed by atoms with van der Waals surface area (Å²) in [6, 6.07) is 8.93. The summed E-state index contributed by atoms with van der Waals surface area (Å²) in [7, 11) is -3.14. The first-order valence-corrected chi connectivity index (χ1v) is 6.96. The van der Waals surface area contributed by atoms with Gasteiger partial charge in [0.2, 0.25) is 0 Å². The van der Waals surface area contributed by atoms with E-state index in [1.165, 1.54) is 11.3 Å². The largest absolute Gasteiger partial charge is 0.223 e. The number of thiophene rings is 1. The van der Waals surface area contributed by atoms with Crippen molar-refractivity contribution >= 4 is 21.2 Å². The van der Waals surface area contributed by atoms with Crippen LogP contribution in [0.5, 0.6) is 0 Å². The van der Waals surface area contributed by atoms with E-state index in [9.17, 15) is 8.42 Å². The Hall–Kier alpha value is -1.13. The molecule has 0 bridgehead atoms. The molecule has 75 valence electrons. The van der Waals surface area contributed by atoms with Gasteiger partial charge in [-0.25, -0.2) is 8.42 Å². The van der Waals surface area contributed by atoms with Crippen molar-refractivity contribution in [3.8, 4) is 10.4 Å². The lowest BCUT2D eigenvalue weighted by atomic mass is 10.1. The molecule has 1 aromatic heterocycles. The van der Waals surface area contributed by atoms with E-state index in [0.29, 0.717) is 4.90 Å². The SMILES string of the molecule is O=S1(=O)Cc2c[c]sc2-c2ccccc21. The summed E-state index contributed by atoms with van der Waals surface area (Å²) in [5.74, 6) is 0.110. The number of hydrogen-bond donors (Lipinski definition) is 0. The molecule has 1 aromatic carbocycles. The van der Waals surface area contributed by atoms with Gasteiger partial charge < -0.3 is 0 Å². The summed E-state index contributed by atoms with van der Waals surface area (Å²) < 4.78 is 23.8. The maximum atomic E-state index is 11.9. The minimum absolute atomic E-state index is 0.110. The van der Waals surface area contributed by atoms with Crippen LogP contribution < -0.4 is 0 Å². The van der Waals surface area contributed by atoms with Crippen molar-refractivity contribution in [2.75, 3.05) is 0 Å². The number of fused-ring (bicyclic) bond motifs is 3. The minimum Gasteiger partial charge on any atom is -0.223 e. The van der Waals surface area contributed by atoms with Gasteiger partial charge in [-0.15, -0.1) is 11.3 Å². The van der Waals surface area contributed by atoms with Crippen molar-refractivity contribution in [1.82, 2.24) is 0 Å². The van der Waals surface area contributed by atoms with Crippen LogP contribution in [0.4, 0.5) is 0 Å². The highest BCUT2D eigenvalue weighted by Gasteiger charge is 2.28. The summed E-state index contributed by atoms with van der Waals surface area (Å²) in [6.45, 7) is 0. The van der Waals surface area contributed by atoms with Crippen LogP contribution in [-0.4, -0.2) is 8.42 Å². The van der Waals surface area contributed by atoms with E-state index in [1.807, 2.05) is 12.1 Å². The fourth-order valence-corrected chi connectivity index (χ4v) is 4.44. The average molecular weight is 235 g/mol. The predicted molar refractivity (Wildman–Crippen MR) is 59.5 cm³/mol. The minimum atomic E-state index is -3.14. The molecule has 15 heavy (non-hydrogen) atoms. The molecule has 0 saturated carbocycles. The van der Waals surface area contributed by atoms with Crippen molar-refractivity contribution < 1.29 is 8.42 Å². The third-order valence-electron chi connectivity index (χ3n) is 2.50. The first-order valence-electron chi connectivity index (χ1n) is 4.49. The summed E-state index contributed by atoms with van der Waals surface area (Å²) in [4.78, 5) is 1.49. The third-order valence-corrected chi connectivity index (χ3v) is 5.14. The molecule has 2 heterocycles. The summed E-state index contributed by atoms with van der Waals surface area (Å²) in [5, 5.41) is 3.00. The normalized spacial score (nSPS) is 16.8. The van der Waals surface area contributed by atoms with E-state index >= 15 is 0 Å². The number of hydrogen-bond acceptors (Lipinski definition) is 3. The van der Waals surface area contributed by atoms with Crippen LogP contribution in [0.15, 0.2) is 35.2 Å². The number of benzene rings is 1. The summed E-state index contributed by atoms with van der Waals surface area (Å²) in [6.07, 6.45) is 0. The average Bonchev–Trinajstić information content (AvgIpc) is 2.65. The second kappa shape index (κ2) is 2.93. The Kier molecular flexibility index (Phi) is 1.78. The van der Waals surface area contributed by atoms with Gasteiger partial charge in [0.15, 0.2) is 9.84 Å². The third kappa shape index (κ3) is 1.25. The monoisotopic (exact) mass is 235 g/mol. The standard InChI is InChI=1S/C11H7O2S2/c12-15(13)7-8-5-6-14-11(8)9-3-1-2-4-10(9)15/h1-5H,7H2. The first-order chi connectivity index (χ1) is 7.18. The van der Waals surface area contributed by atoms with Gasteiger partial charge in [0.25, 0.3) is 0 Å². The van der Waals surface area contributed by atoms with Crippen molar-refractivity contribution in [2.24, 2.45) is 0 Å². The van der Waals surface area contributed by atoms with Crippen molar-refractivity contribution in [3.05, 3.63) is 41.3 Å². The molecule has 0 unspecified atom stereocenters. The van der Waals surface area contributed by atoms with Gasteiger partial charge >= 0.3 is 0 Å². The Morgan fingerprint density at radius 2 is 2.07 bits per heavy atom. The molecule has 0 saturated heterocycles. The zero-order chi connectivity index (χ0) is 10.5. The lowest BCUT2D eigenvalue weighted by Crippen LogP contribution is -2.10. The highest BCUT2D eigenvalue weighted by Crippen LogP contribution is 2.40. The summed E-state index contributed by atoms with van der Waals surface area (Å²) in [5.41, 5.74) is 1.70. The highest BCUT2D eigenvalue weighted by molar-refractivity contribution is 7.91. The second-order valence-electron chi connectivity index (χ2n) is 3.47. The maximum absolute atomic E-state index is 11.9. The molecular formula is C11H7O2S2. The lowest BCUT2D eigenvalue weighted by molar-refractivity contribution is 0.595. The molecule has 1 aliphatic heterocycles. The van der Waals surface area contributed by atoms with Gasteiger partial charge in [0.05, 0.1) is 10.6 Å². The molecule has 0 aliphatic carbocycles. The molecule has 0 fully saturated rings. The van der Waals surface area contributed by atoms with Gasteiger partial charge in [0, 0.05) is 15.8 Å². The van der Waals surface area contributed by atoms with Gasteiger partial charge in [-0.3, -0.25) is 0 Å². The Bertz CT molecular complexity index is 624. The van der Waals surface area contributed by atoms with Crippen LogP contribution in [0, 0.1) is 5.38 Å². The Morgan fingerprint density at radius 3 is 2.93 bits per heavy atom. The summed E-state index contributed by atoms with van der Waals surface area (Å²) >= 11 is 1.48. The molecule has 0 amide bonds. The van der Waals surface area contributed by atoms with E-state index in [-0.39, 0.29) is 5.75 Å². The smallest absolute Gasteiger partial charge is 0.183 e. The topological polar surface area (TPSA) is 34.1 Å². The Balaban J connectivity index is 2.44. The lowest BCUT2D eigenvalue weighted by Gasteiger charge is -2.15. The van der Waals surface area contributed by atoms with E-state index < -0.39 is 9.84 Å². The van der Waals surface area contributed by atoms with E-state index in [1.54, 1.807) is 18.2 Å².